The van der Waals surface area contributed by atoms with E-state index in [-0.39, 0.29) is 6.10 Å². The van der Waals surface area contributed by atoms with Crippen molar-refractivity contribution in [1.82, 2.24) is 0 Å². The minimum absolute atomic E-state index is 0.204. The zero-order chi connectivity index (χ0) is 14.7. The maximum atomic E-state index is 6.15. The van der Waals surface area contributed by atoms with Crippen LogP contribution in [0.5, 0.6) is 5.75 Å². The fourth-order valence-corrected chi connectivity index (χ4v) is 3.02. The summed E-state index contributed by atoms with van der Waals surface area (Å²) in [6.07, 6.45) is 2.17. The van der Waals surface area contributed by atoms with Gasteiger partial charge in [0.05, 0.1) is 5.02 Å². The van der Waals surface area contributed by atoms with Gasteiger partial charge >= 0.3 is 0 Å². The van der Waals surface area contributed by atoms with E-state index in [1.807, 2.05) is 18.2 Å². The van der Waals surface area contributed by atoms with Gasteiger partial charge in [-0.3, -0.25) is 0 Å². The standard InChI is InChI=1S/C17H16Cl2NO/c18-13-6-7-17(16(19)12-13)21-15-8-10-20(11-9-15)14-4-2-1-3-5-14/h2-7,12,15H,8-11H2. The lowest BCUT2D eigenvalue weighted by Gasteiger charge is -2.33. The molecule has 0 N–H and O–H groups in total. The minimum atomic E-state index is 0.204. The van der Waals surface area contributed by atoms with Crippen LogP contribution in [0.4, 0.5) is 5.69 Å². The lowest BCUT2D eigenvalue weighted by atomic mass is 10.1. The number of hydrogen-bond acceptors (Lipinski definition) is 2. The Morgan fingerprint density at radius 1 is 1.05 bits per heavy atom. The van der Waals surface area contributed by atoms with Crippen molar-refractivity contribution in [2.24, 2.45) is 0 Å². The Bertz CT molecular complexity index is 595. The molecule has 2 aromatic rings. The highest BCUT2D eigenvalue weighted by atomic mass is 35.5. The molecular formula is C17H16Cl2NO. The summed E-state index contributed by atoms with van der Waals surface area (Å²) in [4.78, 5) is 2.37. The van der Waals surface area contributed by atoms with Crippen LogP contribution in [0.1, 0.15) is 12.8 Å². The summed E-state index contributed by atoms with van der Waals surface area (Å²) in [5.74, 6) is 0.717. The number of ether oxygens (including phenoxy) is 1. The fraction of sp³-hybridized carbons (Fsp3) is 0.294. The van der Waals surface area contributed by atoms with E-state index in [9.17, 15) is 0 Å². The molecule has 1 saturated heterocycles. The van der Waals surface area contributed by atoms with Crippen LogP contribution < -0.4 is 9.64 Å². The second kappa shape index (κ2) is 6.59. The number of rotatable bonds is 3. The third-order valence-electron chi connectivity index (χ3n) is 3.70. The Hall–Kier alpha value is -1.38. The molecule has 1 heterocycles. The topological polar surface area (TPSA) is 12.5 Å². The van der Waals surface area contributed by atoms with Gasteiger partial charge in [-0.1, -0.05) is 35.3 Å². The van der Waals surface area contributed by atoms with E-state index in [0.29, 0.717) is 15.8 Å². The second-order valence-corrected chi connectivity index (χ2v) is 5.98. The summed E-state index contributed by atoms with van der Waals surface area (Å²) in [5.41, 5.74) is 1.25. The van der Waals surface area contributed by atoms with Crippen molar-refractivity contribution in [1.29, 1.82) is 0 Å². The third-order valence-corrected chi connectivity index (χ3v) is 4.23. The van der Waals surface area contributed by atoms with Crippen molar-refractivity contribution in [2.45, 2.75) is 18.9 Å². The average Bonchev–Trinajstić information content (AvgIpc) is 2.52. The van der Waals surface area contributed by atoms with E-state index in [1.54, 1.807) is 12.1 Å². The smallest absolute Gasteiger partial charge is 0.138 e. The van der Waals surface area contributed by atoms with Gasteiger partial charge < -0.3 is 9.64 Å². The zero-order valence-corrected chi connectivity index (χ0v) is 13.1. The lowest BCUT2D eigenvalue weighted by molar-refractivity contribution is 0.171. The maximum absolute atomic E-state index is 6.15. The zero-order valence-electron chi connectivity index (χ0n) is 11.6. The highest BCUT2D eigenvalue weighted by molar-refractivity contribution is 6.35. The van der Waals surface area contributed by atoms with E-state index >= 15 is 0 Å². The van der Waals surface area contributed by atoms with Crippen molar-refractivity contribution in [3.8, 4) is 5.75 Å². The van der Waals surface area contributed by atoms with Gasteiger partial charge in [0, 0.05) is 36.6 Å². The summed E-state index contributed by atoms with van der Waals surface area (Å²) < 4.78 is 6.00. The Labute approximate surface area is 135 Å². The number of piperidine rings is 1. The van der Waals surface area contributed by atoms with Gasteiger partial charge in [-0.15, -0.1) is 0 Å². The molecule has 0 aromatic heterocycles. The molecule has 2 aromatic carbocycles. The third kappa shape index (κ3) is 3.63. The van der Waals surface area contributed by atoms with Gasteiger partial charge in [0.25, 0.3) is 0 Å². The molecule has 21 heavy (non-hydrogen) atoms. The van der Waals surface area contributed by atoms with Gasteiger partial charge in [-0.25, -0.2) is 0 Å². The first-order chi connectivity index (χ1) is 10.2. The Morgan fingerprint density at radius 3 is 2.43 bits per heavy atom. The molecule has 3 rings (SSSR count). The van der Waals surface area contributed by atoms with Crippen molar-refractivity contribution < 1.29 is 4.74 Å². The van der Waals surface area contributed by atoms with Crippen LogP contribution in [0, 0.1) is 6.07 Å². The summed E-state index contributed by atoms with van der Waals surface area (Å²) in [6, 6.07) is 16.5. The van der Waals surface area contributed by atoms with Gasteiger partial charge in [-0.2, -0.15) is 0 Å². The molecule has 0 unspecified atom stereocenters. The van der Waals surface area contributed by atoms with Crippen molar-refractivity contribution in [2.75, 3.05) is 18.0 Å². The number of hydrogen-bond donors (Lipinski definition) is 0. The number of benzene rings is 2. The number of anilines is 1. The summed E-state index contributed by atoms with van der Waals surface area (Å²) in [5, 5.41) is 1.20. The molecule has 4 heteroatoms. The van der Waals surface area contributed by atoms with Crippen LogP contribution in [-0.2, 0) is 0 Å². The summed E-state index contributed by atoms with van der Waals surface area (Å²) >= 11 is 12.0. The predicted molar refractivity (Wildman–Crippen MR) is 87.6 cm³/mol. The predicted octanol–water partition coefficient (Wildman–Crippen LogP) is 4.84. The SMILES string of the molecule is Clc1ccc(OC2CCN(c3cc[c]cc3)CC2)c(Cl)c1. The molecular weight excluding hydrogens is 305 g/mol. The maximum Gasteiger partial charge on any atom is 0.138 e. The van der Waals surface area contributed by atoms with E-state index in [1.165, 1.54) is 5.69 Å². The van der Waals surface area contributed by atoms with Crippen LogP contribution in [0.25, 0.3) is 0 Å². The quantitative estimate of drug-likeness (QED) is 0.802. The molecule has 1 radical (unpaired) electrons. The first-order valence-electron chi connectivity index (χ1n) is 7.05. The normalized spacial score (nSPS) is 16.0. The molecule has 0 spiro atoms. The van der Waals surface area contributed by atoms with Crippen molar-refractivity contribution in [3.05, 3.63) is 58.6 Å². The second-order valence-electron chi connectivity index (χ2n) is 5.14. The highest BCUT2D eigenvalue weighted by Gasteiger charge is 2.21. The summed E-state index contributed by atoms with van der Waals surface area (Å²) in [7, 11) is 0. The van der Waals surface area contributed by atoms with Gasteiger partial charge in [-0.05, 0) is 36.4 Å². The molecule has 0 aliphatic carbocycles. The van der Waals surface area contributed by atoms with Crippen LogP contribution >= 0.6 is 23.2 Å². The van der Waals surface area contributed by atoms with E-state index in [2.05, 4.69) is 23.1 Å². The first-order valence-corrected chi connectivity index (χ1v) is 7.81. The molecule has 1 aliphatic heterocycles. The fourth-order valence-electron chi connectivity index (χ4n) is 2.57. The Balaban J connectivity index is 1.59. The molecule has 1 fully saturated rings. The van der Waals surface area contributed by atoms with Crippen molar-refractivity contribution >= 4 is 28.9 Å². The number of halogens is 2. The van der Waals surface area contributed by atoms with Gasteiger partial charge in [0.2, 0.25) is 0 Å². The van der Waals surface area contributed by atoms with Crippen LogP contribution in [0.15, 0.2) is 42.5 Å². The van der Waals surface area contributed by atoms with E-state index in [0.717, 1.165) is 25.9 Å². The molecule has 0 amide bonds. The Morgan fingerprint density at radius 2 is 1.76 bits per heavy atom. The minimum Gasteiger partial charge on any atom is -0.489 e. The largest absolute Gasteiger partial charge is 0.489 e. The van der Waals surface area contributed by atoms with Gasteiger partial charge in [0.15, 0.2) is 0 Å². The highest BCUT2D eigenvalue weighted by Crippen LogP contribution is 2.30. The average molecular weight is 321 g/mol. The monoisotopic (exact) mass is 320 g/mol. The summed E-state index contributed by atoms with van der Waals surface area (Å²) in [6.45, 7) is 1.97. The molecule has 1 aliphatic rings. The molecule has 0 atom stereocenters. The number of nitrogens with zero attached hydrogens (tertiary/aromatic N) is 1. The molecule has 0 saturated carbocycles. The van der Waals surface area contributed by atoms with Gasteiger partial charge in [0.1, 0.15) is 11.9 Å². The van der Waals surface area contributed by atoms with E-state index in [4.69, 9.17) is 27.9 Å². The molecule has 2 nitrogen and oxygen atoms in total. The van der Waals surface area contributed by atoms with Crippen LogP contribution in [-0.4, -0.2) is 19.2 Å². The van der Waals surface area contributed by atoms with Crippen LogP contribution in [0.3, 0.4) is 0 Å². The lowest BCUT2D eigenvalue weighted by Crippen LogP contribution is -2.38. The van der Waals surface area contributed by atoms with Crippen LogP contribution in [0.2, 0.25) is 10.0 Å². The molecule has 0 bridgehead atoms. The Kier molecular flexibility index (Phi) is 4.57. The van der Waals surface area contributed by atoms with E-state index < -0.39 is 0 Å². The molecule has 109 valence electrons. The first kappa shape index (κ1) is 14.6. The van der Waals surface area contributed by atoms with Crippen molar-refractivity contribution in [3.63, 3.8) is 0 Å².